The van der Waals surface area contributed by atoms with Crippen LogP contribution in [-0.2, 0) is 14.8 Å². The molecule has 7 nitrogen and oxygen atoms in total. The van der Waals surface area contributed by atoms with E-state index in [1.165, 1.54) is 24.3 Å². The Labute approximate surface area is 148 Å². The highest BCUT2D eigenvalue weighted by molar-refractivity contribution is 7.94. The molecular weight excluding hydrogens is 362 g/mol. The number of sulfonamides is 1. The maximum absolute atomic E-state index is 12.5. The van der Waals surface area contributed by atoms with Crippen molar-refractivity contribution in [3.63, 3.8) is 0 Å². The van der Waals surface area contributed by atoms with Crippen LogP contribution in [0.3, 0.4) is 0 Å². The van der Waals surface area contributed by atoms with Crippen molar-refractivity contribution in [3.05, 3.63) is 54.4 Å². The van der Waals surface area contributed by atoms with Gasteiger partial charge in [-0.15, -0.1) is 11.3 Å². The number of carbonyl (C=O) groups excluding carboxylic acids is 1. The third-order valence-electron chi connectivity index (χ3n) is 3.28. The molecule has 0 aliphatic carbocycles. The topological polar surface area (TPSA) is 101 Å². The second kappa shape index (κ2) is 7.08. The fraction of sp³-hybridized carbons (Fsp3) is 0.125. The lowest BCUT2D eigenvalue weighted by Crippen LogP contribution is -2.11. The first-order valence-corrected chi connectivity index (χ1v) is 9.68. The van der Waals surface area contributed by atoms with E-state index in [1.54, 1.807) is 31.5 Å². The number of hydrogen-bond acceptors (Lipinski definition) is 6. The van der Waals surface area contributed by atoms with Gasteiger partial charge in [-0.25, -0.2) is 13.2 Å². The zero-order chi connectivity index (χ0) is 17.9. The highest BCUT2D eigenvalue weighted by atomic mass is 32.2. The Balaban J connectivity index is 1.76. The molecule has 25 heavy (non-hydrogen) atoms. The van der Waals surface area contributed by atoms with Gasteiger partial charge in [0.25, 0.3) is 10.0 Å². The molecule has 2 aromatic heterocycles. The molecule has 2 heterocycles. The standard InChI is InChI=1S/C16H15N3O4S2/c1-2-23-16(20)11-3-5-13(6-4-11)19-25(21,22)15-8-7-14(24-15)12-9-17-18-10-12/h3-10,19H,2H2,1H3,(H,17,18). The number of nitrogens with zero attached hydrogens (tertiary/aromatic N) is 1. The number of hydrogen-bond donors (Lipinski definition) is 2. The number of benzene rings is 1. The smallest absolute Gasteiger partial charge is 0.338 e. The predicted molar refractivity (Wildman–Crippen MR) is 95.1 cm³/mol. The third kappa shape index (κ3) is 3.89. The molecule has 0 bridgehead atoms. The molecule has 0 spiro atoms. The van der Waals surface area contributed by atoms with E-state index in [2.05, 4.69) is 14.9 Å². The summed E-state index contributed by atoms with van der Waals surface area (Å²) in [6.45, 7) is 2.00. The molecular formula is C16H15N3O4S2. The van der Waals surface area contributed by atoms with E-state index in [0.717, 1.165) is 21.8 Å². The van der Waals surface area contributed by atoms with Crippen molar-refractivity contribution in [1.29, 1.82) is 0 Å². The monoisotopic (exact) mass is 377 g/mol. The minimum Gasteiger partial charge on any atom is -0.462 e. The first-order valence-electron chi connectivity index (χ1n) is 7.38. The Bertz CT molecular complexity index is 961. The van der Waals surface area contributed by atoms with Gasteiger partial charge in [0.05, 0.1) is 18.4 Å². The molecule has 9 heteroatoms. The lowest BCUT2D eigenvalue weighted by Gasteiger charge is -2.07. The number of carbonyl (C=O) groups is 1. The molecule has 0 saturated carbocycles. The minimum atomic E-state index is -3.71. The van der Waals surface area contributed by atoms with Crippen molar-refractivity contribution >= 4 is 33.0 Å². The highest BCUT2D eigenvalue weighted by Gasteiger charge is 2.18. The van der Waals surface area contributed by atoms with Gasteiger partial charge < -0.3 is 4.74 Å². The molecule has 0 fully saturated rings. The summed E-state index contributed by atoms with van der Waals surface area (Å²) in [5.41, 5.74) is 1.56. The normalized spacial score (nSPS) is 11.2. The summed E-state index contributed by atoms with van der Waals surface area (Å²) in [6.07, 6.45) is 3.33. The van der Waals surface area contributed by atoms with Gasteiger partial charge in [-0.3, -0.25) is 9.82 Å². The van der Waals surface area contributed by atoms with Crippen molar-refractivity contribution in [1.82, 2.24) is 10.2 Å². The lowest BCUT2D eigenvalue weighted by atomic mass is 10.2. The Kier molecular flexibility index (Phi) is 4.86. The summed E-state index contributed by atoms with van der Waals surface area (Å²) < 4.78 is 32.6. The van der Waals surface area contributed by atoms with E-state index in [-0.39, 0.29) is 10.8 Å². The first kappa shape index (κ1) is 17.2. The van der Waals surface area contributed by atoms with Crippen molar-refractivity contribution in [3.8, 4) is 10.4 Å². The Hall–Kier alpha value is -2.65. The van der Waals surface area contributed by atoms with Crippen molar-refractivity contribution in [2.45, 2.75) is 11.1 Å². The number of rotatable bonds is 6. The molecule has 0 saturated heterocycles. The number of ether oxygens (including phenoxy) is 1. The van der Waals surface area contributed by atoms with Gasteiger partial charge in [0.15, 0.2) is 0 Å². The number of H-pyrrole nitrogens is 1. The van der Waals surface area contributed by atoms with E-state index in [9.17, 15) is 13.2 Å². The molecule has 3 aromatic rings. The van der Waals surface area contributed by atoms with Gasteiger partial charge in [0.1, 0.15) is 4.21 Å². The highest BCUT2D eigenvalue weighted by Crippen LogP contribution is 2.31. The molecule has 0 radical (unpaired) electrons. The largest absolute Gasteiger partial charge is 0.462 e. The van der Waals surface area contributed by atoms with Crippen LogP contribution in [0.25, 0.3) is 10.4 Å². The van der Waals surface area contributed by atoms with Crippen molar-refractivity contribution in [2.24, 2.45) is 0 Å². The number of nitrogens with one attached hydrogen (secondary N) is 2. The molecule has 0 amide bonds. The van der Waals surface area contributed by atoms with E-state index < -0.39 is 16.0 Å². The van der Waals surface area contributed by atoms with Crippen LogP contribution < -0.4 is 4.72 Å². The van der Waals surface area contributed by atoms with Crippen LogP contribution in [0.4, 0.5) is 5.69 Å². The van der Waals surface area contributed by atoms with Gasteiger partial charge in [0, 0.05) is 22.3 Å². The predicted octanol–water partition coefficient (Wildman–Crippen LogP) is 3.12. The summed E-state index contributed by atoms with van der Waals surface area (Å²) in [7, 11) is -3.71. The summed E-state index contributed by atoms with van der Waals surface area (Å²) in [5.74, 6) is -0.445. The van der Waals surface area contributed by atoms with Gasteiger partial charge in [-0.05, 0) is 43.3 Å². The quantitative estimate of drug-likeness (QED) is 0.643. The Morgan fingerprint density at radius 3 is 2.64 bits per heavy atom. The van der Waals surface area contributed by atoms with E-state index in [1.807, 2.05) is 0 Å². The van der Waals surface area contributed by atoms with Crippen LogP contribution in [0.2, 0.25) is 0 Å². The molecule has 0 aliphatic rings. The van der Waals surface area contributed by atoms with E-state index in [0.29, 0.717) is 11.3 Å². The molecule has 3 rings (SSSR count). The van der Waals surface area contributed by atoms with Crippen LogP contribution in [0.5, 0.6) is 0 Å². The zero-order valence-corrected chi connectivity index (χ0v) is 14.9. The van der Waals surface area contributed by atoms with E-state index in [4.69, 9.17) is 4.74 Å². The number of aromatic nitrogens is 2. The number of esters is 1. The van der Waals surface area contributed by atoms with Gasteiger partial charge in [-0.1, -0.05) is 0 Å². The minimum absolute atomic E-state index is 0.193. The Morgan fingerprint density at radius 2 is 2.00 bits per heavy atom. The summed E-state index contributed by atoms with van der Waals surface area (Å²) in [4.78, 5) is 12.4. The molecule has 0 aliphatic heterocycles. The summed E-state index contributed by atoms with van der Waals surface area (Å²) in [6, 6.07) is 9.35. The fourth-order valence-electron chi connectivity index (χ4n) is 2.10. The van der Waals surface area contributed by atoms with Gasteiger partial charge in [0.2, 0.25) is 0 Å². The van der Waals surface area contributed by atoms with Crippen molar-refractivity contribution < 1.29 is 17.9 Å². The average molecular weight is 377 g/mol. The fourth-order valence-corrected chi connectivity index (χ4v) is 4.45. The molecule has 1 aromatic carbocycles. The summed E-state index contributed by atoms with van der Waals surface area (Å²) >= 11 is 1.15. The Morgan fingerprint density at radius 1 is 1.24 bits per heavy atom. The molecule has 130 valence electrons. The third-order valence-corrected chi connectivity index (χ3v) is 6.28. The second-order valence-corrected chi connectivity index (χ2v) is 8.00. The van der Waals surface area contributed by atoms with E-state index >= 15 is 0 Å². The van der Waals surface area contributed by atoms with Crippen LogP contribution in [0, 0.1) is 0 Å². The average Bonchev–Trinajstić information content (AvgIpc) is 3.27. The van der Waals surface area contributed by atoms with Gasteiger partial charge >= 0.3 is 5.97 Å². The van der Waals surface area contributed by atoms with Crippen LogP contribution in [0.1, 0.15) is 17.3 Å². The van der Waals surface area contributed by atoms with Crippen molar-refractivity contribution in [2.75, 3.05) is 11.3 Å². The maximum atomic E-state index is 12.5. The number of anilines is 1. The molecule has 0 unspecified atom stereocenters. The maximum Gasteiger partial charge on any atom is 0.338 e. The lowest BCUT2D eigenvalue weighted by molar-refractivity contribution is 0.0526. The molecule has 0 atom stereocenters. The zero-order valence-electron chi connectivity index (χ0n) is 13.2. The number of aromatic amines is 1. The SMILES string of the molecule is CCOC(=O)c1ccc(NS(=O)(=O)c2ccc(-c3cn[nH]c3)s2)cc1. The second-order valence-electron chi connectivity index (χ2n) is 5.01. The molecule has 2 N–H and O–H groups in total. The summed E-state index contributed by atoms with van der Waals surface area (Å²) in [5, 5.41) is 6.55. The van der Waals surface area contributed by atoms with Crippen LogP contribution in [-0.4, -0.2) is 31.2 Å². The van der Waals surface area contributed by atoms with Crippen LogP contribution in [0.15, 0.2) is 53.0 Å². The van der Waals surface area contributed by atoms with Crippen LogP contribution >= 0.6 is 11.3 Å². The number of thiophene rings is 1. The first-order chi connectivity index (χ1) is 12.0. The van der Waals surface area contributed by atoms with Gasteiger partial charge in [-0.2, -0.15) is 5.10 Å².